The number of phenolic OH excluding ortho intramolecular Hbond substituents is 1. The van der Waals surface area contributed by atoms with Crippen molar-refractivity contribution in [3.8, 4) is 5.75 Å². The number of carboxylic acid groups (broad SMARTS) is 1. The normalized spacial score (nSPS) is 10.4. The van der Waals surface area contributed by atoms with Crippen LogP contribution < -0.4 is 0 Å². The molecule has 2 rings (SSSR count). The van der Waals surface area contributed by atoms with Crippen molar-refractivity contribution in [1.29, 1.82) is 0 Å². The van der Waals surface area contributed by atoms with Crippen molar-refractivity contribution < 1.29 is 15.0 Å². The topological polar surface area (TPSA) is 57.5 Å². The summed E-state index contributed by atoms with van der Waals surface area (Å²) < 4.78 is 0. The summed E-state index contributed by atoms with van der Waals surface area (Å²) in [5, 5.41) is 19.8. The van der Waals surface area contributed by atoms with Gasteiger partial charge in [-0.3, -0.25) is 4.79 Å². The summed E-state index contributed by atoms with van der Waals surface area (Å²) in [5.41, 5.74) is 0.737. The summed E-state index contributed by atoms with van der Waals surface area (Å²) in [7, 11) is 0. The quantitative estimate of drug-likeness (QED) is 0.784. The van der Waals surface area contributed by atoms with Crippen LogP contribution in [-0.2, 0) is 11.2 Å². The van der Waals surface area contributed by atoms with E-state index in [1.807, 2.05) is 6.07 Å². The molecule has 0 radical (unpaired) electrons. The number of carboxylic acids is 1. The fraction of sp³-hybridized carbons (Fsp3) is 0.0833. The Hall–Kier alpha value is -2.03. The van der Waals surface area contributed by atoms with Crippen LogP contribution in [0, 0.1) is 0 Å². The Labute approximate surface area is 86.6 Å². The lowest BCUT2D eigenvalue weighted by Gasteiger charge is -2.01. The average molecular weight is 202 g/mol. The molecule has 0 saturated carbocycles. The molecule has 0 heterocycles. The van der Waals surface area contributed by atoms with Crippen molar-refractivity contribution in [1.82, 2.24) is 0 Å². The standard InChI is InChI=1S/C12H10O3/c13-11-4-3-9-2-1-8(6-12(14)15)5-10(9)7-11/h1-5,7,13H,6H2,(H,14,15). The molecule has 0 amide bonds. The van der Waals surface area contributed by atoms with Gasteiger partial charge in [-0.1, -0.05) is 24.3 Å². The number of aromatic hydroxyl groups is 1. The first-order chi connectivity index (χ1) is 7.15. The average Bonchev–Trinajstić information content (AvgIpc) is 2.16. The third-order valence-corrected chi connectivity index (χ3v) is 2.24. The zero-order valence-corrected chi connectivity index (χ0v) is 7.97. The highest BCUT2D eigenvalue weighted by atomic mass is 16.4. The third-order valence-electron chi connectivity index (χ3n) is 2.24. The molecule has 0 aromatic heterocycles. The molecule has 3 heteroatoms. The van der Waals surface area contributed by atoms with Gasteiger partial charge in [0, 0.05) is 0 Å². The molecular formula is C12H10O3. The lowest BCUT2D eigenvalue weighted by atomic mass is 10.1. The van der Waals surface area contributed by atoms with Gasteiger partial charge in [0.05, 0.1) is 6.42 Å². The maximum absolute atomic E-state index is 10.5. The highest BCUT2D eigenvalue weighted by molar-refractivity contribution is 5.85. The van der Waals surface area contributed by atoms with Gasteiger partial charge in [0.15, 0.2) is 0 Å². The van der Waals surface area contributed by atoms with E-state index in [4.69, 9.17) is 5.11 Å². The van der Waals surface area contributed by atoms with Gasteiger partial charge in [0.1, 0.15) is 5.75 Å². The third kappa shape index (κ3) is 2.07. The molecule has 2 N–H and O–H groups in total. The second-order valence-electron chi connectivity index (χ2n) is 3.44. The van der Waals surface area contributed by atoms with Crippen molar-refractivity contribution >= 4 is 16.7 Å². The largest absolute Gasteiger partial charge is 0.508 e. The summed E-state index contributed by atoms with van der Waals surface area (Å²) in [5.74, 6) is -0.663. The van der Waals surface area contributed by atoms with Crippen LogP contribution in [-0.4, -0.2) is 16.2 Å². The van der Waals surface area contributed by atoms with Gasteiger partial charge < -0.3 is 10.2 Å². The molecule has 0 spiro atoms. The highest BCUT2D eigenvalue weighted by Crippen LogP contribution is 2.21. The van der Waals surface area contributed by atoms with E-state index in [9.17, 15) is 9.90 Å². The second-order valence-corrected chi connectivity index (χ2v) is 3.44. The van der Waals surface area contributed by atoms with E-state index in [-0.39, 0.29) is 12.2 Å². The molecule has 0 aliphatic heterocycles. The van der Waals surface area contributed by atoms with Crippen LogP contribution in [0.5, 0.6) is 5.75 Å². The van der Waals surface area contributed by atoms with Crippen molar-refractivity contribution in [2.45, 2.75) is 6.42 Å². The number of phenols is 1. The minimum atomic E-state index is -0.852. The molecule has 76 valence electrons. The van der Waals surface area contributed by atoms with Gasteiger partial charge in [0.25, 0.3) is 0 Å². The summed E-state index contributed by atoms with van der Waals surface area (Å²) in [6.45, 7) is 0. The molecule has 0 fully saturated rings. The van der Waals surface area contributed by atoms with E-state index in [0.29, 0.717) is 0 Å². The lowest BCUT2D eigenvalue weighted by molar-refractivity contribution is -0.136. The number of fused-ring (bicyclic) bond motifs is 1. The number of benzene rings is 2. The Morgan fingerprint density at radius 3 is 2.53 bits per heavy atom. The fourth-order valence-electron chi connectivity index (χ4n) is 1.57. The first-order valence-corrected chi connectivity index (χ1v) is 4.58. The van der Waals surface area contributed by atoms with Crippen LogP contribution in [0.15, 0.2) is 36.4 Å². The van der Waals surface area contributed by atoms with E-state index in [2.05, 4.69) is 0 Å². The summed E-state index contributed by atoms with van der Waals surface area (Å²) in [6.07, 6.45) is 0.00555. The Bertz CT molecular complexity index is 517. The van der Waals surface area contributed by atoms with Gasteiger partial charge in [-0.05, 0) is 28.5 Å². The Kier molecular flexibility index (Phi) is 2.29. The van der Waals surface area contributed by atoms with E-state index in [1.165, 1.54) is 0 Å². The minimum absolute atomic E-state index is 0.00555. The molecule has 0 aliphatic carbocycles. The Morgan fingerprint density at radius 2 is 1.80 bits per heavy atom. The molecule has 0 aliphatic rings. The maximum Gasteiger partial charge on any atom is 0.307 e. The zero-order chi connectivity index (χ0) is 10.8. The van der Waals surface area contributed by atoms with Crippen LogP contribution in [0.3, 0.4) is 0 Å². The molecule has 0 bridgehead atoms. The van der Waals surface area contributed by atoms with Gasteiger partial charge in [-0.2, -0.15) is 0 Å². The number of aliphatic carboxylic acids is 1. The number of carbonyl (C=O) groups is 1. The Balaban J connectivity index is 2.49. The van der Waals surface area contributed by atoms with Gasteiger partial charge in [0.2, 0.25) is 0 Å². The molecular weight excluding hydrogens is 192 g/mol. The first kappa shape index (κ1) is 9.52. The molecule has 2 aromatic carbocycles. The van der Waals surface area contributed by atoms with Gasteiger partial charge in [-0.25, -0.2) is 0 Å². The monoisotopic (exact) mass is 202 g/mol. The van der Waals surface area contributed by atoms with Gasteiger partial charge >= 0.3 is 5.97 Å². The predicted octanol–water partition coefficient (Wildman–Crippen LogP) is 2.17. The van der Waals surface area contributed by atoms with Crippen molar-refractivity contribution in [3.63, 3.8) is 0 Å². The van der Waals surface area contributed by atoms with Crippen LogP contribution in [0.4, 0.5) is 0 Å². The van der Waals surface area contributed by atoms with Crippen molar-refractivity contribution in [2.24, 2.45) is 0 Å². The van der Waals surface area contributed by atoms with Crippen LogP contribution in [0.2, 0.25) is 0 Å². The SMILES string of the molecule is O=C(O)Cc1ccc2ccc(O)cc2c1. The molecule has 2 aromatic rings. The van der Waals surface area contributed by atoms with E-state index in [0.717, 1.165) is 16.3 Å². The van der Waals surface area contributed by atoms with Crippen LogP contribution in [0.1, 0.15) is 5.56 Å². The summed E-state index contributed by atoms with van der Waals surface area (Å²) in [6, 6.07) is 10.5. The fourth-order valence-corrected chi connectivity index (χ4v) is 1.57. The maximum atomic E-state index is 10.5. The summed E-state index contributed by atoms with van der Waals surface area (Å²) >= 11 is 0. The second kappa shape index (κ2) is 3.61. The van der Waals surface area contributed by atoms with Crippen molar-refractivity contribution in [2.75, 3.05) is 0 Å². The van der Waals surface area contributed by atoms with Crippen LogP contribution >= 0.6 is 0 Å². The van der Waals surface area contributed by atoms with Crippen molar-refractivity contribution in [3.05, 3.63) is 42.0 Å². The first-order valence-electron chi connectivity index (χ1n) is 4.58. The molecule has 15 heavy (non-hydrogen) atoms. The number of hydrogen-bond donors (Lipinski definition) is 2. The van der Waals surface area contributed by atoms with Crippen LogP contribution in [0.25, 0.3) is 10.8 Å². The summed E-state index contributed by atoms with van der Waals surface area (Å²) in [4.78, 5) is 10.5. The molecule has 0 atom stereocenters. The molecule has 0 saturated heterocycles. The molecule has 0 unspecified atom stereocenters. The van der Waals surface area contributed by atoms with E-state index >= 15 is 0 Å². The predicted molar refractivity (Wildman–Crippen MR) is 57.0 cm³/mol. The van der Waals surface area contributed by atoms with E-state index < -0.39 is 5.97 Å². The molecule has 3 nitrogen and oxygen atoms in total. The number of hydrogen-bond acceptors (Lipinski definition) is 2. The highest BCUT2D eigenvalue weighted by Gasteiger charge is 2.02. The van der Waals surface area contributed by atoms with E-state index in [1.54, 1.807) is 30.3 Å². The number of rotatable bonds is 2. The minimum Gasteiger partial charge on any atom is -0.508 e. The van der Waals surface area contributed by atoms with Gasteiger partial charge in [-0.15, -0.1) is 0 Å². The lowest BCUT2D eigenvalue weighted by Crippen LogP contribution is -1.99. The zero-order valence-electron chi connectivity index (χ0n) is 7.97. The smallest absolute Gasteiger partial charge is 0.307 e. The Morgan fingerprint density at radius 1 is 1.07 bits per heavy atom.